The number of amides is 1. The number of carbonyl (C=O) groups excluding carboxylic acids is 1. The van der Waals surface area contributed by atoms with E-state index in [-0.39, 0.29) is 5.91 Å². The summed E-state index contributed by atoms with van der Waals surface area (Å²) in [5.41, 5.74) is 4.17. The lowest BCUT2D eigenvalue weighted by molar-refractivity contribution is 0.0913. The lowest BCUT2D eigenvalue weighted by Gasteiger charge is -2.27. The van der Waals surface area contributed by atoms with Gasteiger partial charge in [0.1, 0.15) is 5.65 Å². The highest BCUT2D eigenvalue weighted by Gasteiger charge is 2.25. The second-order valence-corrected chi connectivity index (χ2v) is 7.05. The number of benzene rings is 1. The molecule has 5 nitrogen and oxygen atoms in total. The first kappa shape index (κ1) is 18.7. The minimum absolute atomic E-state index is 0.176. The number of hydrogen-bond acceptors (Lipinski definition) is 3. The molecule has 0 atom stereocenters. The van der Waals surface area contributed by atoms with Crippen molar-refractivity contribution in [2.45, 2.75) is 32.9 Å². The predicted octanol–water partition coefficient (Wildman–Crippen LogP) is 3.44. The Hall–Kier alpha value is -3.10. The third kappa shape index (κ3) is 3.71. The Morgan fingerprint density at radius 3 is 2.63 bits per heavy atom. The van der Waals surface area contributed by atoms with Crippen LogP contribution in [0.4, 0.5) is 0 Å². The minimum atomic E-state index is -0.558. The second-order valence-electron chi connectivity index (χ2n) is 7.05. The summed E-state index contributed by atoms with van der Waals surface area (Å²) in [6, 6.07) is 11.4. The van der Waals surface area contributed by atoms with Gasteiger partial charge in [-0.2, -0.15) is 0 Å². The van der Waals surface area contributed by atoms with Crippen LogP contribution in [0, 0.1) is 19.3 Å². The number of aromatic nitrogens is 2. The molecule has 27 heavy (non-hydrogen) atoms. The normalized spacial score (nSPS) is 11.4. The van der Waals surface area contributed by atoms with Gasteiger partial charge in [0.05, 0.1) is 23.4 Å². The van der Waals surface area contributed by atoms with Gasteiger partial charge in [-0.05, 0) is 50.6 Å². The topological polar surface area (TPSA) is 55.6 Å². The third-order valence-electron chi connectivity index (χ3n) is 4.60. The summed E-state index contributed by atoms with van der Waals surface area (Å²) in [7, 11) is 1.63. The van der Waals surface area contributed by atoms with Crippen LogP contribution in [0.2, 0.25) is 0 Å². The van der Waals surface area contributed by atoms with E-state index in [1.807, 2.05) is 61.7 Å². The molecular weight excluding hydrogens is 338 g/mol. The van der Waals surface area contributed by atoms with Gasteiger partial charge in [-0.25, -0.2) is 4.98 Å². The number of rotatable bonds is 5. The van der Waals surface area contributed by atoms with Crippen molar-refractivity contribution in [3.8, 4) is 12.3 Å². The summed E-state index contributed by atoms with van der Waals surface area (Å²) >= 11 is 0. The number of hydrogen-bond donors (Lipinski definition) is 1. The Balaban J connectivity index is 1.92. The van der Waals surface area contributed by atoms with Crippen LogP contribution >= 0.6 is 0 Å². The molecule has 0 aliphatic heterocycles. The Bertz CT molecular complexity index is 1020. The molecule has 0 spiro atoms. The van der Waals surface area contributed by atoms with E-state index in [1.165, 1.54) is 0 Å². The zero-order chi connectivity index (χ0) is 19.6. The van der Waals surface area contributed by atoms with Crippen LogP contribution in [0.1, 0.15) is 46.7 Å². The first-order chi connectivity index (χ1) is 12.9. The van der Waals surface area contributed by atoms with Crippen LogP contribution in [-0.4, -0.2) is 22.4 Å². The van der Waals surface area contributed by atoms with Gasteiger partial charge >= 0.3 is 0 Å². The van der Waals surface area contributed by atoms with Gasteiger partial charge in [-0.3, -0.25) is 4.79 Å². The van der Waals surface area contributed by atoms with Crippen LogP contribution in [-0.2, 0) is 16.9 Å². The van der Waals surface area contributed by atoms with Crippen molar-refractivity contribution in [2.75, 3.05) is 7.11 Å². The maximum Gasteiger partial charge on any atom is 0.255 e. The molecule has 5 heteroatoms. The molecule has 0 radical (unpaired) electrons. The van der Waals surface area contributed by atoms with Crippen molar-refractivity contribution in [1.82, 2.24) is 14.7 Å². The van der Waals surface area contributed by atoms with E-state index in [1.54, 1.807) is 13.2 Å². The first-order valence-corrected chi connectivity index (χ1v) is 8.72. The van der Waals surface area contributed by atoms with E-state index in [4.69, 9.17) is 11.2 Å². The fraction of sp³-hybridized carbons (Fsp3) is 0.273. The van der Waals surface area contributed by atoms with Gasteiger partial charge < -0.3 is 14.5 Å². The summed E-state index contributed by atoms with van der Waals surface area (Å²) in [4.78, 5) is 17.6. The zero-order valence-corrected chi connectivity index (χ0v) is 16.0. The molecule has 3 rings (SSSR count). The molecule has 138 valence electrons. The summed E-state index contributed by atoms with van der Waals surface area (Å²) in [6.07, 6.45) is 7.27. The van der Waals surface area contributed by atoms with Crippen molar-refractivity contribution in [3.05, 3.63) is 70.7 Å². The molecule has 1 aromatic carbocycles. The average molecular weight is 361 g/mol. The number of methoxy groups -OCH3 is 1. The number of terminal acetylenes is 1. The maximum atomic E-state index is 13.0. The van der Waals surface area contributed by atoms with E-state index in [0.717, 1.165) is 22.5 Å². The van der Waals surface area contributed by atoms with Crippen molar-refractivity contribution in [3.63, 3.8) is 0 Å². The van der Waals surface area contributed by atoms with Gasteiger partial charge in [-0.15, -0.1) is 6.42 Å². The standard InChI is InChI=1S/C22H23N3O2/c1-6-16-7-9-17(10-8-16)22(3,4)24-21(26)19-11-12-25-15(2)13-18(14-27-5)23-20(19)25/h1,7-13H,14H2,2-5H3,(H,24,26). The zero-order valence-electron chi connectivity index (χ0n) is 16.0. The predicted molar refractivity (Wildman–Crippen MR) is 106 cm³/mol. The highest BCUT2D eigenvalue weighted by atomic mass is 16.5. The molecule has 0 bridgehead atoms. The summed E-state index contributed by atoms with van der Waals surface area (Å²) in [5.74, 6) is 2.43. The Morgan fingerprint density at radius 2 is 2.00 bits per heavy atom. The third-order valence-corrected chi connectivity index (χ3v) is 4.60. The summed E-state index contributed by atoms with van der Waals surface area (Å²) in [5, 5.41) is 3.10. The molecule has 1 amide bonds. The highest BCUT2D eigenvalue weighted by molar-refractivity contribution is 6.00. The van der Waals surface area contributed by atoms with E-state index in [9.17, 15) is 4.79 Å². The lowest BCUT2D eigenvalue weighted by atomic mass is 9.93. The molecule has 0 aliphatic rings. The molecule has 0 saturated carbocycles. The summed E-state index contributed by atoms with van der Waals surface area (Å²) < 4.78 is 7.09. The van der Waals surface area contributed by atoms with Crippen molar-refractivity contribution < 1.29 is 9.53 Å². The van der Waals surface area contributed by atoms with E-state index in [2.05, 4.69) is 16.2 Å². The van der Waals surface area contributed by atoms with Crippen LogP contribution in [0.3, 0.4) is 0 Å². The maximum absolute atomic E-state index is 13.0. The van der Waals surface area contributed by atoms with E-state index < -0.39 is 5.54 Å². The number of nitrogens with zero attached hydrogens (tertiary/aromatic N) is 2. The van der Waals surface area contributed by atoms with E-state index in [0.29, 0.717) is 17.8 Å². The Kier molecular flexibility index (Phi) is 5.02. The number of ether oxygens (including phenoxy) is 1. The molecule has 1 N–H and O–H groups in total. The lowest BCUT2D eigenvalue weighted by Crippen LogP contribution is -2.41. The van der Waals surface area contributed by atoms with Crippen molar-refractivity contribution in [2.24, 2.45) is 0 Å². The smallest absolute Gasteiger partial charge is 0.255 e. The fourth-order valence-corrected chi connectivity index (χ4v) is 3.11. The second kappa shape index (κ2) is 7.26. The van der Waals surface area contributed by atoms with Crippen LogP contribution in [0.25, 0.3) is 5.65 Å². The van der Waals surface area contributed by atoms with Gasteiger partial charge in [0.25, 0.3) is 5.91 Å². The fourth-order valence-electron chi connectivity index (χ4n) is 3.11. The average Bonchev–Trinajstić information content (AvgIpc) is 3.06. The van der Waals surface area contributed by atoms with Crippen molar-refractivity contribution in [1.29, 1.82) is 0 Å². The quantitative estimate of drug-likeness (QED) is 0.709. The Labute approximate surface area is 159 Å². The van der Waals surface area contributed by atoms with E-state index >= 15 is 0 Å². The number of aryl methyl sites for hydroxylation is 1. The van der Waals surface area contributed by atoms with Crippen LogP contribution < -0.4 is 5.32 Å². The molecular formula is C22H23N3O2. The van der Waals surface area contributed by atoms with Gasteiger partial charge in [-0.1, -0.05) is 18.1 Å². The number of carbonyl (C=O) groups is 1. The number of fused-ring (bicyclic) bond motifs is 1. The van der Waals surface area contributed by atoms with Crippen LogP contribution in [0.15, 0.2) is 42.6 Å². The van der Waals surface area contributed by atoms with Crippen molar-refractivity contribution >= 4 is 11.6 Å². The molecule has 0 unspecified atom stereocenters. The molecule has 0 fully saturated rings. The highest BCUT2D eigenvalue weighted by Crippen LogP contribution is 2.22. The molecule has 2 heterocycles. The Morgan fingerprint density at radius 1 is 1.30 bits per heavy atom. The van der Waals surface area contributed by atoms with Crippen LogP contribution in [0.5, 0.6) is 0 Å². The summed E-state index contributed by atoms with van der Waals surface area (Å²) in [6.45, 7) is 6.30. The largest absolute Gasteiger partial charge is 0.378 e. The molecule has 2 aromatic heterocycles. The SMILES string of the molecule is C#Cc1ccc(C(C)(C)NC(=O)c2ccn3c(C)cc(COC)nc23)cc1. The first-order valence-electron chi connectivity index (χ1n) is 8.72. The molecule has 0 aliphatic carbocycles. The minimum Gasteiger partial charge on any atom is -0.378 e. The molecule has 0 saturated heterocycles. The number of nitrogens with one attached hydrogen (secondary N) is 1. The van der Waals surface area contributed by atoms with Gasteiger partial charge in [0, 0.05) is 24.6 Å². The monoisotopic (exact) mass is 361 g/mol. The van der Waals surface area contributed by atoms with Gasteiger partial charge in [0.2, 0.25) is 0 Å². The van der Waals surface area contributed by atoms with Gasteiger partial charge in [0.15, 0.2) is 0 Å². The molecule has 3 aromatic rings.